The first-order valence-corrected chi connectivity index (χ1v) is 9.56. The summed E-state index contributed by atoms with van der Waals surface area (Å²) in [7, 11) is 0. The molecule has 0 bridgehead atoms. The van der Waals surface area contributed by atoms with Crippen LogP contribution in [0.25, 0.3) is 5.65 Å². The van der Waals surface area contributed by atoms with E-state index in [-0.39, 0.29) is 6.03 Å². The molecule has 2 amide bonds. The third-order valence-electron chi connectivity index (χ3n) is 5.13. The Hall–Kier alpha value is -3.56. The molecule has 0 radical (unpaired) electrons. The molecule has 3 aromatic rings. The summed E-state index contributed by atoms with van der Waals surface area (Å²) in [5.41, 5.74) is 2.40. The summed E-state index contributed by atoms with van der Waals surface area (Å²) in [6.45, 7) is 5.61. The van der Waals surface area contributed by atoms with Gasteiger partial charge in [0.05, 0.1) is 11.9 Å². The molecule has 10 heteroatoms. The van der Waals surface area contributed by atoms with Crippen molar-refractivity contribution in [1.29, 1.82) is 0 Å². The van der Waals surface area contributed by atoms with E-state index >= 15 is 0 Å². The van der Waals surface area contributed by atoms with Crippen LogP contribution in [0, 0.1) is 6.92 Å². The average Bonchev–Trinajstić information content (AvgIpc) is 3.14. The molecule has 2 aliphatic rings. The second kappa shape index (κ2) is 7.12. The van der Waals surface area contributed by atoms with Crippen LogP contribution in [-0.4, -0.2) is 70.1 Å². The highest BCUT2D eigenvalue weighted by molar-refractivity contribution is 5.90. The number of carbonyl (C=O) groups excluding carboxylic acids is 1. The average molecular weight is 395 g/mol. The lowest BCUT2D eigenvalue weighted by atomic mass is 10.2. The van der Waals surface area contributed by atoms with Gasteiger partial charge in [0.25, 0.3) is 0 Å². The lowest BCUT2D eigenvalue weighted by Gasteiger charge is -2.35. The van der Waals surface area contributed by atoms with Gasteiger partial charge >= 0.3 is 6.03 Å². The first kappa shape index (κ1) is 17.5. The number of benzene rings is 1. The third-order valence-corrected chi connectivity index (χ3v) is 5.13. The summed E-state index contributed by atoms with van der Waals surface area (Å²) in [5, 5.41) is 15.5. The van der Waals surface area contributed by atoms with Crippen molar-refractivity contribution < 1.29 is 14.3 Å². The fraction of sp³-hybridized carbons (Fsp3) is 0.368. The molecule has 0 spiro atoms. The number of nitrogens with zero attached hydrogens (tertiary/aromatic N) is 6. The lowest BCUT2D eigenvalue weighted by Crippen LogP contribution is -2.50. The highest BCUT2D eigenvalue weighted by Gasteiger charge is 2.22. The number of anilines is 2. The second-order valence-electron chi connectivity index (χ2n) is 6.99. The molecular formula is C19H21N7O3. The van der Waals surface area contributed by atoms with Crippen molar-refractivity contribution in [1.82, 2.24) is 24.7 Å². The van der Waals surface area contributed by atoms with E-state index in [1.54, 1.807) is 15.5 Å². The number of carbonyl (C=O) groups is 1. The van der Waals surface area contributed by atoms with Gasteiger partial charge in [0, 0.05) is 44.0 Å². The normalized spacial score (nSPS) is 16.2. The van der Waals surface area contributed by atoms with Gasteiger partial charge in [-0.25, -0.2) is 4.79 Å². The minimum Gasteiger partial charge on any atom is -0.486 e. The van der Waals surface area contributed by atoms with Crippen molar-refractivity contribution in [2.75, 3.05) is 49.6 Å². The molecule has 0 unspecified atom stereocenters. The number of piperazine rings is 1. The predicted octanol–water partition coefficient (Wildman–Crippen LogP) is 1.56. The van der Waals surface area contributed by atoms with Crippen LogP contribution < -0.4 is 19.7 Å². The van der Waals surface area contributed by atoms with Crippen LogP contribution in [-0.2, 0) is 0 Å². The van der Waals surface area contributed by atoms with Crippen LogP contribution in [0.1, 0.15) is 5.82 Å². The highest BCUT2D eigenvalue weighted by atomic mass is 16.6. The third kappa shape index (κ3) is 3.37. The Balaban J connectivity index is 1.21. The molecular weight excluding hydrogens is 374 g/mol. The van der Waals surface area contributed by atoms with Crippen molar-refractivity contribution in [2.24, 2.45) is 0 Å². The standard InChI is InChI=1S/C19H21N7O3/c1-13-22-23-18-11-15(12-20-26(13)18)24-4-6-25(7-5-24)19(27)21-14-2-3-16-17(10-14)29-9-8-28-16/h2-3,10-12H,4-9H2,1H3,(H,21,27). The Kier molecular flexibility index (Phi) is 4.30. The number of aryl methyl sites for hydroxylation is 1. The van der Waals surface area contributed by atoms with Crippen LogP contribution in [0.15, 0.2) is 30.5 Å². The zero-order valence-electron chi connectivity index (χ0n) is 16.0. The molecule has 1 fully saturated rings. The van der Waals surface area contributed by atoms with Crippen LogP contribution in [0.5, 0.6) is 11.5 Å². The van der Waals surface area contributed by atoms with Gasteiger partial charge in [-0.3, -0.25) is 0 Å². The number of fused-ring (bicyclic) bond motifs is 2. The molecule has 1 N–H and O–H groups in total. The molecule has 4 heterocycles. The first-order chi connectivity index (χ1) is 14.2. The lowest BCUT2D eigenvalue weighted by molar-refractivity contribution is 0.171. The number of hydrogen-bond acceptors (Lipinski definition) is 7. The van der Waals surface area contributed by atoms with Gasteiger partial charge in [-0.05, 0) is 19.1 Å². The topological polar surface area (TPSA) is 97.1 Å². The quantitative estimate of drug-likeness (QED) is 0.703. The van der Waals surface area contributed by atoms with Gasteiger partial charge in [-0.2, -0.15) is 9.61 Å². The van der Waals surface area contributed by atoms with E-state index in [0.717, 1.165) is 30.2 Å². The predicted molar refractivity (Wildman–Crippen MR) is 106 cm³/mol. The fourth-order valence-electron chi connectivity index (χ4n) is 3.56. The van der Waals surface area contributed by atoms with Gasteiger partial charge in [-0.15, -0.1) is 10.2 Å². The smallest absolute Gasteiger partial charge is 0.321 e. The van der Waals surface area contributed by atoms with E-state index in [2.05, 4.69) is 25.5 Å². The molecule has 150 valence electrons. The Morgan fingerprint density at radius 3 is 2.66 bits per heavy atom. The van der Waals surface area contributed by atoms with Crippen LogP contribution in [0.3, 0.4) is 0 Å². The Morgan fingerprint density at radius 1 is 1.03 bits per heavy atom. The van der Waals surface area contributed by atoms with E-state index in [1.165, 1.54) is 0 Å². The minimum atomic E-state index is -0.122. The molecule has 1 saturated heterocycles. The number of urea groups is 1. The first-order valence-electron chi connectivity index (χ1n) is 9.56. The SMILES string of the molecule is Cc1nnc2cc(N3CCN(C(=O)Nc4ccc5c(c4)OCCO5)CC3)cnn12. The van der Waals surface area contributed by atoms with E-state index < -0.39 is 0 Å². The van der Waals surface area contributed by atoms with Crippen molar-refractivity contribution in [3.05, 3.63) is 36.3 Å². The zero-order valence-corrected chi connectivity index (χ0v) is 16.0. The summed E-state index contributed by atoms with van der Waals surface area (Å²) in [5.74, 6) is 2.12. The molecule has 2 aromatic heterocycles. The molecule has 5 rings (SSSR count). The molecule has 0 atom stereocenters. The zero-order chi connectivity index (χ0) is 19.8. The maximum atomic E-state index is 12.6. The van der Waals surface area contributed by atoms with E-state index in [1.807, 2.05) is 31.3 Å². The molecule has 2 aliphatic heterocycles. The van der Waals surface area contributed by atoms with Crippen molar-refractivity contribution in [2.45, 2.75) is 6.92 Å². The Labute approximate surface area is 167 Å². The van der Waals surface area contributed by atoms with Gasteiger partial charge in [-0.1, -0.05) is 0 Å². The minimum absolute atomic E-state index is 0.122. The van der Waals surface area contributed by atoms with Crippen LogP contribution in [0.4, 0.5) is 16.2 Å². The maximum Gasteiger partial charge on any atom is 0.321 e. The van der Waals surface area contributed by atoms with E-state index in [9.17, 15) is 4.79 Å². The van der Waals surface area contributed by atoms with Crippen molar-refractivity contribution >= 4 is 23.1 Å². The molecule has 10 nitrogen and oxygen atoms in total. The molecule has 0 saturated carbocycles. The highest BCUT2D eigenvalue weighted by Crippen LogP contribution is 2.32. The molecule has 29 heavy (non-hydrogen) atoms. The summed E-state index contributed by atoms with van der Waals surface area (Å²) >= 11 is 0. The number of amides is 2. The summed E-state index contributed by atoms with van der Waals surface area (Å²) in [6.07, 6.45) is 1.81. The summed E-state index contributed by atoms with van der Waals surface area (Å²) in [4.78, 5) is 16.7. The fourth-order valence-corrected chi connectivity index (χ4v) is 3.56. The number of rotatable bonds is 2. The summed E-state index contributed by atoms with van der Waals surface area (Å²) < 4.78 is 12.8. The number of aromatic nitrogens is 4. The Bertz CT molecular complexity index is 1060. The number of nitrogens with one attached hydrogen (secondary N) is 1. The summed E-state index contributed by atoms with van der Waals surface area (Å²) in [6, 6.07) is 7.28. The van der Waals surface area contributed by atoms with E-state index in [0.29, 0.717) is 43.5 Å². The Morgan fingerprint density at radius 2 is 1.83 bits per heavy atom. The van der Waals surface area contributed by atoms with Crippen LogP contribution >= 0.6 is 0 Å². The second-order valence-corrected chi connectivity index (χ2v) is 6.99. The number of hydrogen-bond donors (Lipinski definition) is 1. The van der Waals surface area contributed by atoms with Gasteiger partial charge in [0.1, 0.15) is 13.2 Å². The van der Waals surface area contributed by atoms with Gasteiger partial charge < -0.3 is 24.6 Å². The number of ether oxygens (including phenoxy) is 2. The van der Waals surface area contributed by atoms with Gasteiger partial charge in [0.2, 0.25) is 0 Å². The monoisotopic (exact) mass is 395 g/mol. The van der Waals surface area contributed by atoms with Gasteiger partial charge in [0.15, 0.2) is 23.0 Å². The largest absolute Gasteiger partial charge is 0.486 e. The van der Waals surface area contributed by atoms with E-state index in [4.69, 9.17) is 9.47 Å². The maximum absolute atomic E-state index is 12.6. The van der Waals surface area contributed by atoms with Crippen LogP contribution in [0.2, 0.25) is 0 Å². The molecule has 0 aliphatic carbocycles. The van der Waals surface area contributed by atoms with Crippen molar-refractivity contribution in [3.8, 4) is 11.5 Å². The van der Waals surface area contributed by atoms with Crippen molar-refractivity contribution in [3.63, 3.8) is 0 Å². The molecule has 1 aromatic carbocycles.